The first-order valence-corrected chi connectivity index (χ1v) is 8.69. The third-order valence-corrected chi connectivity index (χ3v) is 4.64. The molecular weight excluding hydrogens is 336 g/mol. The zero-order valence-electron chi connectivity index (χ0n) is 14.2. The first-order valence-electron chi connectivity index (χ1n) is 8.69. The van der Waals surface area contributed by atoms with Crippen LogP contribution in [-0.4, -0.2) is 34.1 Å². The molecule has 2 aromatic heterocycles. The molecule has 1 saturated heterocycles. The van der Waals surface area contributed by atoms with E-state index < -0.39 is 0 Å². The Morgan fingerprint density at radius 2 is 2.12 bits per heavy atom. The van der Waals surface area contributed by atoms with Crippen LogP contribution in [0.4, 0.5) is 0 Å². The van der Waals surface area contributed by atoms with Gasteiger partial charge in [-0.3, -0.25) is 14.3 Å². The number of hydrogen-bond donors (Lipinski definition) is 2. The van der Waals surface area contributed by atoms with Gasteiger partial charge < -0.3 is 14.6 Å². The van der Waals surface area contributed by atoms with Crippen molar-refractivity contribution in [2.75, 3.05) is 13.2 Å². The van der Waals surface area contributed by atoms with Crippen LogP contribution in [0.1, 0.15) is 29.1 Å². The van der Waals surface area contributed by atoms with E-state index in [1.165, 1.54) is 6.07 Å². The minimum Gasteiger partial charge on any atom is -0.382 e. The molecule has 1 fully saturated rings. The van der Waals surface area contributed by atoms with E-state index >= 15 is 0 Å². The smallest absolute Gasteiger partial charge is 0.280 e. The Morgan fingerprint density at radius 1 is 1.31 bits per heavy atom. The first-order chi connectivity index (χ1) is 12.7. The molecule has 136 valence electrons. The van der Waals surface area contributed by atoms with Gasteiger partial charge in [0.25, 0.3) is 11.5 Å². The van der Waals surface area contributed by atoms with Gasteiger partial charge in [-0.05, 0) is 24.8 Å². The number of carbonyl (C=O) groups is 1. The average molecular weight is 356 g/mol. The van der Waals surface area contributed by atoms with Gasteiger partial charge in [-0.25, -0.2) is 0 Å². The Kier molecular flexibility index (Phi) is 4.57. The molecule has 0 aliphatic carbocycles. The molecule has 26 heavy (non-hydrogen) atoms. The van der Waals surface area contributed by atoms with Gasteiger partial charge in [0.1, 0.15) is 0 Å². The highest BCUT2D eigenvalue weighted by atomic mass is 16.5. The highest BCUT2D eigenvalue weighted by Crippen LogP contribution is 2.23. The van der Waals surface area contributed by atoms with Crippen molar-refractivity contribution in [1.82, 2.24) is 20.3 Å². The standard InChI is InChI=1S/C18H20N4O4/c23-16-9-13(26-21-16)10-19-18(24)17-14-3-1-2-4-15(14)22(20-17)11-12-5-7-25-8-6-12/h1-4,9,12H,5-8,10-11H2,(H,19,24)(H,21,23). The van der Waals surface area contributed by atoms with E-state index in [9.17, 15) is 9.59 Å². The second-order valence-electron chi connectivity index (χ2n) is 6.47. The van der Waals surface area contributed by atoms with Crippen molar-refractivity contribution in [2.24, 2.45) is 5.92 Å². The summed E-state index contributed by atoms with van der Waals surface area (Å²) >= 11 is 0. The fourth-order valence-corrected chi connectivity index (χ4v) is 3.27. The Hall–Kier alpha value is -2.87. The number of nitrogens with one attached hydrogen (secondary N) is 2. The van der Waals surface area contributed by atoms with Gasteiger partial charge in [0.2, 0.25) is 0 Å². The third-order valence-electron chi connectivity index (χ3n) is 4.64. The van der Waals surface area contributed by atoms with Gasteiger partial charge in [-0.1, -0.05) is 18.2 Å². The number of rotatable bonds is 5. The molecule has 8 nitrogen and oxygen atoms in total. The second kappa shape index (κ2) is 7.17. The molecule has 0 unspecified atom stereocenters. The number of aromatic amines is 1. The van der Waals surface area contributed by atoms with E-state index in [1.54, 1.807) is 0 Å². The summed E-state index contributed by atoms with van der Waals surface area (Å²) in [5.74, 6) is 0.571. The lowest BCUT2D eigenvalue weighted by atomic mass is 10.0. The van der Waals surface area contributed by atoms with E-state index in [0.29, 0.717) is 17.4 Å². The largest absolute Gasteiger partial charge is 0.382 e. The summed E-state index contributed by atoms with van der Waals surface area (Å²) in [5.41, 5.74) is 0.989. The predicted octanol–water partition coefficient (Wildman–Crippen LogP) is 1.67. The van der Waals surface area contributed by atoms with Crippen LogP contribution in [0.3, 0.4) is 0 Å². The minimum absolute atomic E-state index is 0.124. The van der Waals surface area contributed by atoms with Crippen LogP contribution >= 0.6 is 0 Å². The molecule has 2 N–H and O–H groups in total. The fourth-order valence-electron chi connectivity index (χ4n) is 3.27. The Bertz CT molecular complexity index is 965. The number of ether oxygens (including phenoxy) is 1. The summed E-state index contributed by atoms with van der Waals surface area (Å²) in [6.45, 7) is 2.45. The molecule has 4 rings (SSSR count). The lowest BCUT2D eigenvalue weighted by Crippen LogP contribution is -2.24. The second-order valence-corrected chi connectivity index (χ2v) is 6.47. The highest BCUT2D eigenvalue weighted by molar-refractivity contribution is 6.04. The Labute approximate surface area is 149 Å². The molecule has 0 spiro atoms. The number of benzene rings is 1. The maximum atomic E-state index is 12.6. The number of H-pyrrole nitrogens is 1. The van der Waals surface area contributed by atoms with Crippen molar-refractivity contribution in [3.63, 3.8) is 0 Å². The van der Waals surface area contributed by atoms with Gasteiger partial charge in [0.05, 0.1) is 12.1 Å². The third kappa shape index (κ3) is 3.41. The fraction of sp³-hybridized carbons (Fsp3) is 0.389. The van der Waals surface area contributed by atoms with Crippen LogP contribution in [0.2, 0.25) is 0 Å². The molecule has 1 aliphatic rings. The molecule has 1 aliphatic heterocycles. The summed E-state index contributed by atoms with van der Waals surface area (Å²) in [6, 6.07) is 9.02. The van der Waals surface area contributed by atoms with Gasteiger partial charge in [0.15, 0.2) is 11.5 Å². The maximum Gasteiger partial charge on any atom is 0.280 e. The summed E-state index contributed by atoms with van der Waals surface area (Å²) in [4.78, 5) is 23.7. The monoisotopic (exact) mass is 356 g/mol. The van der Waals surface area contributed by atoms with E-state index in [1.807, 2.05) is 28.9 Å². The molecule has 0 atom stereocenters. The van der Waals surface area contributed by atoms with Crippen LogP contribution in [0.5, 0.6) is 0 Å². The van der Waals surface area contributed by atoms with Crippen LogP contribution < -0.4 is 10.9 Å². The number of amides is 1. The Morgan fingerprint density at radius 3 is 2.88 bits per heavy atom. The average Bonchev–Trinajstić information content (AvgIpc) is 3.25. The number of fused-ring (bicyclic) bond motifs is 1. The van der Waals surface area contributed by atoms with E-state index in [2.05, 4.69) is 15.6 Å². The maximum absolute atomic E-state index is 12.6. The van der Waals surface area contributed by atoms with Crippen molar-refractivity contribution in [2.45, 2.75) is 25.9 Å². The van der Waals surface area contributed by atoms with Crippen LogP contribution in [-0.2, 0) is 17.8 Å². The number of aromatic nitrogens is 3. The highest BCUT2D eigenvalue weighted by Gasteiger charge is 2.20. The Balaban J connectivity index is 1.55. The van der Waals surface area contributed by atoms with Gasteiger partial charge >= 0.3 is 0 Å². The predicted molar refractivity (Wildman–Crippen MR) is 93.8 cm³/mol. The van der Waals surface area contributed by atoms with Crippen LogP contribution in [0, 0.1) is 5.92 Å². The molecule has 8 heteroatoms. The topological polar surface area (TPSA) is 102 Å². The molecule has 1 amide bonds. The molecular formula is C18H20N4O4. The first kappa shape index (κ1) is 16.6. The van der Waals surface area contributed by atoms with Crippen LogP contribution in [0.15, 0.2) is 39.6 Å². The number of para-hydroxylation sites is 1. The summed E-state index contributed by atoms with van der Waals surface area (Å²) in [7, 11) is 0. The molecule has 3 aromatic rings. The summed E-state index contributed by atoms with van der Waals surface area (Å²) in [6.07, 6.45) is 2.00. The molecule has 0 bridgehead atoms. The zero-order chi connectivity index (χ0) is 17.9. The molecule has 3 heterocycles. The van der Waals surface area contributed by atoms with E-state index in [4.69, 9.17) is 9.26 Å². The normalized spacial score (nSPS) is 15.4. The zero-order valence-corrected chi connectivity index (χ0v) is 14.2. The number of hydrogen-bond acceptors (Lipinski definition) is 5. The van der Waals surface area contributed by atoms with Crippen LogP contribution in [0.25, 0.3) is 10.9 Å². The van der Waals surface area contributed by atoms with E-state index in [-0.39, 0.29) is 18.0 Å². The lowest BCUT2D eigenvalue weighted by Gasteiger charge is -2.22. The van der Waals surface area contributed by atoms with Gasteiger partial charge in [-0.2, -0.15) is 10.3 Å². The van der Waals surface area contributed by atoms with Crippen molar-refractivity contribution < 1.29 is 14.1 Å². The number of carbonyl (C=O) groups excluding carboxylic acids is 1. The quantitative estimate of drug-likeness (QED) is 0.724. The SMILES string of the molecule is O=C(NCc1cc(=O)[nH]o1)c1nn(CC2CCOCC2)c2ccccc12. The summed E-state index contributed by atoms with van der Waals surface area (Å²) in [5, 5.41) is 10.3. The van der Waals surface area contributed by atoms with Gasteiger partial charge in [0, 0.05) is 31.2 Å². The minimum atomic E-state index is -0.333. The van der Waals surface area contributed by atoms with Crippen molar-refractivity contribution in [3.8, 4) is 0 Å². The number of nitrogens with zero attached hydrogens (tertiary/aromatic N) is 2. The lowest BCUT2D eigenvalue weighted by molar-refractivity contribution is 0.0604. The van der Waals surface area contributed by atoms with Gasteiger partial charge in [-0.15, -0.1) is 0 Å². The molecule has 1 aromatic carbocycles. The van der Waals surface area contributed by atoms with Crippen molar-refractivity contribution in [1.29, 1.82) is 0 Å². The molecule has 0 saturated carbocycles. The summed E-state index contributed by atoms with van der Waals surface area (Å²) < 4.78 is 12.3. The molecule has 0 radical (unpaired) electrons. The van der Waals surface area contributed by atoms with Crippen molar-refractivity contribution >= 4 is 16.8 Å². The van der Waals surface area contributed by atoms with E-state index in [0.717, 1.165) is 43.5 Å². The van der Waals surface area contributed by atoms with Crippen molar-refractivity contribution in [3.05, 3.63) is 52.1 Å².